The van der Waals surface area contributed by atoms with E-state index in [1.807, 2.05) is 48.2 Å². The molecule has 0 radical (unpaired) electrons. The van der Waals surface area contributed by atoms with Crippen molar-refractivity contribution in [1.82, 2.24) is 4.90 Å². The highest BCUT2D eigenvalue weighted by molar-refractivity contribution is 6.30. The van der Waals surface area contributed by atoms with E-state index in [1.54, 1.807) is 52.7 Å². The molecule has 0 aromatic heterocycles. The van der Waals surface area contributed by atoms with Crippen molar-refractivity contribution in [3.8, 4) is 23.0 Å². The van der Waals surface area contributed by atoms with Gasteiger partial charge in [-0.2, -0.15) is 0 Å². The highest BCUT2D eigenvalue weighted by Crippen LogP contribution is 2.33. The van der Waals surface area contributed by atoms with Crippen LogP contribution >= 0.6 is 11.6 Å². The first-order valence-corrected chi connectivity index (χ1v) is 11.8. The van der Waals surface area contributed by atoms with Gasteiger partial charge in [0.2, 0.25) is 0 Å². The van der Waals surface area contributed by atoms with Crippen LogP contribution in [-0.2, 0) is 17.8 Å². The Morgan fingerprint density at radius 3 is 1.92 bits per heavy atom. The number of hydrogen-bond acceptors (Lipinski definition) is 6. The van der Waals surface area contributed by atoms with Crippen LogP contribution in [0.2, 0.25) is 5.02 Å². The Morgan fingerprint density at radius 2 is 1.39 bits per heavy atom. The Kier molecular flexibility index (Phi) is 9.44. The van der Waals surface area contributed by atoms with Gasteiger partial charge in [-0.3, -0.25) is 9.69 Å². The quantitative estimate of drug-likeness (QED) is 0.336. The largest absolute Gasteiger partial charge is 0.493 e. The standard InChI is InChI=1S/C28H32ClNO6/c1-18(13-19-9-11-23(33-2)25(14-19)35-4)30(17-20-10-12-24(34-3)26(15-20)36-5)27(28(31)32)21-7-6-8-22(29)16-21/h6-12,14-16,18,27H,13,17H2,1-5H3,(H,31,32). The Hall–Kier alpha value is -3.42. The SMILES string of the molecule is COc1ccc(CC(C)N(Cc2ccc(OC)c(OC)c2)C(C(=O)O)c2cccc(Cl)c2)cc1OC. The van der Waals surface area contributed by atoms with Crippen molar-refractivity contribution in [2.45, 2.75) is 32.0 Å². The molecular weight excluding hydrogens is 482 g/mol. The number of benzene rings is 3. The Labute approximate surface area is 217 Å². The predicted octanol–water partition coefficient (Wildman–Crippen LogP) is 5.63. The van der Waals surface area contributed by atoms with Crippen molar-refractivity contribution in [1.29, 1.82) is 0 Å². The molecule has 0 fully saturated rings. The van der Waals surface area contributed by atoms with E-state index in [4.69, 9.17) is 30.5 Å². The van der Waals surface area contributed by atoms with Gasteiger partial charge in [0.25, 0.3) is 0 Å². The zero-order valence-corrected chi connectivity index (χ0v) is 21.9. The molecule has 3 aromatic carbocycles. The van der Waals surface area contributed by atoms with Crippen molar-refractivity contribution in [2.75, 3.05) is 28.4 Å². The molecule has 2 unspecified atom stereocenters. The predicted molar refractivity (Wildman–Crippen MR) is 140 cm³/mol. The van der Waals surface area contributed by atoms with Gasteiger partial charge in [-0.25, -0.2) is 0 Å². The van der Waals surface area contributed by atoms with Crippen LogP contribution in [0.4, 0.5) is 0 Å². The summed E-state index contributed by atoms with van der Waals surface area (Å²) in [6, 6.07) is 17.2. The fraction of sp³-hybridized carbons (Fsp3) is 0.321. The fourth-order valence-electron chi connectivity index (χ4n) is 4.31. The van der Waals surface area contributed by atoms with E-state index in [-0.39, 0.29) is 6.04 Å². The number of aliphatic carboxylic acids is 1. The molecule has 7 nitrogen and oxygen atoms in total. The maximum atomic E-state index is 12.6. The first-order chi connectivity index (χ1) is 17.3. The summed E-state index contributed by atoms with van der Waals surface area (Å²) in [5.41, 5.74) is 2.49. The number of rotatable bonds is 12. The lowest BCUT2D eigenvalue weighted by Gasteiger charge is -2.35. The van der Waals surface area contributed by atoms with E-state index < -0.39 is 12.0 Å². The van der Waals surface area contributed by atoms with E-state index in [9.17, 15) is 9.90 Å². The zero-order valence-electron chi connectivity index (χ0n) is 21.2. The van der Waals surface area contributed by atoms with Gasteiger partial charge in [0.15, 0.2) is 23.0 Å². The van der Waals surface area contributed by atoms with Gasteiger partial charge in [-0.1, -0.05) is 35.9 Å². The average molecular weight is 514 g/mol. The van der Waals surface area contributed by atoms with Gasteiger partial charge in [0.1, 0.15) is 6.04 Å². The molecule has 1 N–H and O–H groups in total. The number of ether oxygens (including phenoxy) is 4. The number of carboxylic acid groups (broad SMARTS) is 1. The van der Waals surface area contributed by atoms with Gasteiger partial charge in [0.05, 0.1) is 28.4 Å². The molecule has 8 heteroatoms. The minimum absolute atomic E-state index is 0.170. The molecule has 0 bridgehead atoms. The highest BCUT2D eigenvalue weighted by atomic mass is 35.5. The van der Waals surface area contributed by atoms with Crippen molar-refractivity contribution in [3.63, 3.8) is 0 Å². The Bertz CT molecular complexity index is 1180. The fourth-order valence-corrected chi connectivity index (χ4v) is 4.51. The maximum absolute atomic E-state index is 12.6. The third-order valence-corrected chi connectivity index (χ3v) is 6.32. The molecule has 0 heterocycles. The van der Waals surface area contributed by atoms with Crippen LogP contribution in [0.5, 0.6) is 23.0 Å². The molecular formula is C28H32ClNO6. The van der Waals surface area contributed by atoms with Crippen LogP contribution in [0.25, 0.3) is 0 Å². The van der Waals surface area contributed by atoms with Crippen LogP contribution in [0.1, 0.15) is 29.7 Å². The van der Waals surface area contributed by atoms with E-state index in [2.05, 4.69) is 0 Å². The van der Waals surface area contributed by atoms with Gasteiger partial charge in [-0.05, 0) is 66.4 Å². The molecule has 2 atom stereocenters. The maximum Gasteiger partial charge on any atom is 0.325 e. The smallest absolute Gasteiger partial charge is 0.325 e. The second-order valence-corrected chi connectivity index (χ2v) is 8.84. The number of halogens is 1. The van der Waals surface area contributed by atoms with Crippen molar-refractivity contribution in [3.05, 3.63) is 82.4 Å². The molecule has 0 spiro atoms. The Morgan fingerprint density at radius 1 is 0.833 bits per heavy atom. The summed E-state index contributed by atoms with van der Waals surface area (Å²) in [7, 11) is 6.33. The van der Waals surface area contributed by atoms with Crippen molar-refractivity contribution < 1.29 is 28.8 Å². The lowest BCUT2D eigenvalue weighted by molar-refractivity contribution is -0.145. The lowest BCUT2D eigenvalue weighted by Crippen LogP contribution is -2.41. The van der Waals surface area contributed by atoms with Gasteiger partial charge < -0.3 is 24.1 Å². The monoisotopic (exact) mass is 513 g/mol. The number of hydrogen-bond donors (Lipinski definition) is 1. The first kappa shape index (κ1) is 27.2. The second-order valence-electron chi connectivity index (χ2n) is 8.40. The van der Waals surface area contributed by atoms with Crippen LogP contribution in [-0.4, -0.2) is 50.5 Å². The topological polar surface area (TPSA) is 77.5 Å². The summed E-state index contributed by atoms with van der Waals surface area (Å²) in [6.45, 7) is 2.37. The molecule has 3 rings (SSSR count). The molecule has 3 aromatic rings. The summed E-state index contributed by atoms with van der Waals surface area (Å²) >= 11 is 6.24. The molecule has 0 amide bonds. The third-order valence-electron chi connectivity index (χ3n) is 6.09. The Balaban J connectivity index is 2.02. The van der Waals surface area contributed by atoms with Crippen molar-refractivity contribution in [2.24, 2.45) is 0 Å². The van der Waals surface area contributed by atoms with Crippen molar-refractivity contribution >= 4 is 17.6 Å². The van der Waals surface area contributed by atoms with Gasteiger partial charge in [-0.15, -0.1) is 0 Å². The van der Waals surface area contributed by atoms with E-state index in [0.717, 1.165) is 11.1 Å². The number of carboxylic acids is 1. The minimum Gasteiger partial charge on any atom is -0.493 e. The molecule has 0 saturated heterocycles. The lowest BCUT2D eigenvalue weighted by atomic mass is 9.98. The third kappa shape index (κ3) is 6.42. The number of methoxy groups -OCH3 is 4. The summed E-state index contributed by atoms with van der Waals surface area (Å²) in [4.78, 5) is 14.6. The van der Waals surface area contributed by atoms with Gasteiger partial charge in [0, 0.05) is 17.6 Å². The summed E-state index contributed by atoms with van der Waals surface area (Å²) in [6.07, 6.45) is 0.581. The van der Waals surface area contributed by atoms with E-state index >= 15 is 0 Å². The summed E-state index contributed by atoms with van der Waals surface area (Å²) in [5.74, 6) is 1.49. The molecule has 36 heavy (non-hydrogen) atoms. The second kappa shape index (κ2) is 12.5. The van der Waals surface area contributed by atoms with Crippen LogP contribution < -0.4 is 18.9 Å². The van der Waals surface area contributed by atoms with Crippen LogP contribution in [0, 0.1) is 0 Å². The minimum atomic E-state index is -0.961. The highest BCUT2D eigenvalue weighted by Gasteiger charge is 2.32. The molecule has 0 aliphatic heterocycles. The van der Waals surface area contributed by atoms with Gasteiger partial charge >= 0.3 is 5.97 Å². The van der Waals surface area contributed by atoms with Crippen LogP contribution in [0.15, 0.2) is 60.7 Å². The normalized spacial score (nSPS) is 12.6. The van der Waals surface area contributed by atoms with E-state index in [1.165, 1.54) is 0 Å². The molecule has 0 saturated carbocycles. The number of nitrogens with zero attached hydrogens (tertiary/aromatic N) is 1. The molecule has 192 valence electrons. The molecule has 0 aliphatic carbocycles. The number of carbonyl (C=O) groups is 1. The summed E-state index contributed by atoms with van der Waals surface area (Å²) < 4.78 is 21.6. The summed E-state index contributed by atoms with van der Waals surface area (Å²) in [5, 5.41) is 10.8. The molecule has 0 aliphatic rings. The zero-order chi connectivity index (χ0) is 26.2. The average Bonchev–Trinajstić information content (AvgIpc) is 2.87. The van der Waals surface area contributed by atoms with Crippen LogP contribution in [0.3, 0.4) is 0 Å². The first-order valence-electron chi connectivity index (χ1n) is 11.5. The van der Waals surface area contributed by atoms with E-state index in [0.29, 0.717) is 46.5 Å².